The Hall–Kier alpha value is -0.630. The number of ketones is 1. The van der Waals surface area contributed by atoms with Crippen molar-refractivity contribution in [3.05, 3.63) is 11.6 Å². The molecule has 1 unspecified atom stereocenters. The predicted octanol–water partition coefficient (Wildman–Crippen LogP) is 8.39. The molecule has 2 nitrogen and oxygen atoms in total. The van der Waals surface area contributed by atoms with Crippen molar-refractivity contribution in [1.82, 2.24) is 0 Å². The van der Waals surface area contributed by atoms with Gasteiger partial charge in [-0.15, -0.1) is 0 Å². The average molecular weight is 457 g/mol. The molecule has 2 heteroatoms. The number of ether oxygens (including phenoxy) is 1. The number of fused-ring (bicyclic) bond motifs is 5. The number of rotatable bonds is 9. The molecule has 0 aliphatic heterocycles. The van der Waals surface area contributed by atoms with E-state index in [4.69, 9.17) is 4.74 Å². The quantitative estimate of drug-likeness (QED) is 0.326. The zero-order valence-corrected chi connectivity index (χ0v) is 22.6. The van der Waals surface area contributed by atoms with E-state index >= 15 is 0 Å². The lowest BCUT2D eigenvalue weighted by Crippen LogP contribution is -2.51. The number of Topliss-reactive ketones (excluding diaryl/α,β-unsaturated/α-hetero) is 1. The normalized spacial score (nSPS) is 41.2. The lowest BCUT2D eigenvalue weighted by atomic mass is 9.47. The van der Waals surface area contributed by atoms with E-state index in [9.17, 15) is 4.79 Å². The SMILES string of the molecule is CC(=O)CCOC1CC[C@@]2(C)C(=CC[C@H]3[C@@H]4CC[C@H]([C@H](C)CCCC(C)C)[C@@]4(C)CC[C@@H]32)C1. The van der Waals surface area contributed by atoms with E-state index in [-0.39, 0.29) is 5.78 Å². The van der Waals surface area contributed by atoms with Crippen LogP contribution in [0.15, 0.2) is 11.6 Å². The van der Waals surface area contributed by atoms with E-state index in [1.54, 1.807) is 12.5 Å². The Morgan fingerprint density at radius 1 is 1.06 bits per heavy atom. The van der Waals surface area contributed by atoms with Gasteiger partial charge in [-0.1, -0.05) is 65.5 Å². The summed E-state index contributed by atoms with van der Waals surface area (Å²) in [6.07, 6.45) is 18.5. The summed E-state index contributed by atoms with van der Waals surface area (Å²) >= 11 is 0. The van der Waals surface area contributed by atoms with Gasteiger partial charge in [0.2, 0.25) is 0 Å². The van der Waals surface area contributed by atoms with Crippen LogP contribution in [0.3, 0.4) is 0 Å². The fraction of sp³-hybridized carbons (Fsp3) is 0.903. The van der Waals surface area contributed by atoms with Crippen molar-refractivity contribution in [2.45, 2.75) is 125 Å². The first-order valence-electron chi connectivity index (χ1n) is 14.5. The second-order valence-corrected chi connectivity index (χ2v) is 13.5. The number of carbonyl (C=O) groups excluding carboxylic acids is 1. The molecule has 0 N–H and O–H groups in total. The van der Waals surface area contributed by atoms with Crippen molar-refractivity contribution in [2.75, 3.05) is 6.61 Å². The third kappa shape index (κ3) is 5.03. The lowest BCUT2D eigenvalue weighted by molar-refractivity contribution is -0.118. The molecule has 8 atom stereocenters. The van der Waals surface area contributed by atoms with Gasteiger partial charge < -0.3 is 4.74 Å². The fourth-order valence-electron chi connectivity index (χ4n) is 9.16. The molecule has 3 fully saturated rings. The maximum absolute atomic E-state index is 11.3. The van der Waals surface area contributed by atoms with Crippen LogP contribution >= 0.6 is 0 Å². The van der Waals surface area contributed by atoms with Crippen LogP contribution in [-0.4, -0.2) is 18.5 Å². The van der Waals surface area contributed by atoms with Gasteiger partial charge in [-0.05, 0) is 105 Å². The number of allylic oxidation sites excluding steroid dienone is 1. The molecule has 4 aliphatic rings. The highest BCUT2D eigenvalue weighted by Crippen LogP contribution is 2.67. The van der Waals surface area contributed by atoms with E-state index in [1.807, 2.05) is 0 Å². The van der Waals surface area contributed by atoms with Crippen LogP contribution in [0.1, 0.15) is 119 Å². The summed E-state index contributed by atoms with van der Waals surface area (Å²) in [7, 11) is 0. The maximum Gasteiger partial charge on any atom is 0.132 e. The number of carbonyl (C=O) groups is 1. The van der Waals surface area contributed by atoms with Crippen molar-refractivity contribution >= 4 is 5.78 Å². The highest BCUT2D eigenvalue weighted by molar-refractivity contribution is 5.75. The average Bonchev–Trinajstić information content (AvgIpc) is 3.10. The van der Waals surface area contributed by atoms with Crippen molar-refractivity contribution in [3.8, 4) is 0 Å². The van der Waals surface area contributed by atoms with E-state index in [0.29, 0.717) is 30.0 Å². The molecular formula is C31H52O2. The molecule has 0 radical (unpaired) electrons. The second kappa shape index (κ2) is 10.2. The van der Waals surface area contributed by atoms with Crippen LogP contribution < -0.4 is 0 Å². The highest BCUT2D eigenvalue weighted by Gasteiger charge is 2.59. The minimum atomic E-state index is 0.240. The first kappa shape index (κ1) is 25.5. The van der Waals surface area contributed by atoms with Gasteiger partial charge in [0.05, 0.1) is 12.7 Å². The Morgan fingerprint density at radius 2 is 1.85 bits per heavy atom. The van der Waals surface area contributed by atoms with E-state index in [2.05, 4.69) is 40.7 Å². The fourth-order valence-corrected chi connectivity index (χ4v) is 9.16. The largest absolute Gasteiger partial charge is 0.377 e. The summed E-state index contributed by atoms with van der Waals surface area (Å²) < 4.78 is 6.13. The minimum absolute atomic E-state index is 0.240. The number of hydrogen-bond acceptors (Lipinski definition) is 2. The summed E-state index contributed by atoms with van der Waals surface area (Å²) in [4.78, 5) is 11.3. The summed E-state index contributed by atoms with van der Waals surface area (Å²) in [6, 6.07) is 0. The number of hydrogen-bond donors (Lipinski definition) is 0. The molecule has 4 aliphatic carbocycles. The van der Waals surface area contributed by atoms with Gasteiger partial charge in [-0.25, -0.2) is 0 Å². The highest BCUT2D eigenvalue weighted by atomic mass is 16.5. The van der Waals surface area contributed by atoms with Gasteiger partial charge in [-0.2, -0.15) is 0 Å². The van der Waals surface area contributed by atoms with Crippen LogP contribution in [0.25, 0.3) is 0 Å². The van der Waals surface area contributed by atoms with Crippen LogP contribution in [-0.2, 0) is 9.53 Å². The Bertz CT molecular complexity index is 722. The van der Waals surface area contributed by atoms with Gasteiger partial charge in [0.25, 0.3) is 0 Å². The summed E-state index contributed by atoms with van der Waals surface area (Å²) in [5.41, 5.74) is 2.67. The molecule has 0 spiro atoms. The van der Waals surface area contributed by atoms with E-state index in [1.165, 1.54) is 64.2 Å². The summed E-state index contributed by atoms with van der Waals surface area (Å²) in [6.45, 7) is 14.9. The molecule has 33 heavy (non-hydrogen) atoms. The molecule has 0 saturated heterocycles. The molecule has 0 aromatic heterocycles. The summed E-state index contributed by atoms with van der Waals surface area (Å²) in [5, 5.41) is 0. The Morgan fingerprint density at radius 3 is 2.58 bits per heavy atom. The van der Waals surface area contributed by atoms with E-state index in [0.717, 1.165) is 41.9 Å². The lowest BCUT2D eigenvalue weighted by Gasteiger charge is -2.58. The molecule has 0 aromatic carbocycles. The molecule has 0 amide bonds. The molecule has 4 rings (SSSR count). The first-order valence-corrected chi connectivity index (χ1v) is 14.5. The van der Waals surface area contributed by atoms with Crippen LogP contribution in [0.4, 0.5) is 0 Å². The van der Waals surface area contributed by atoms with Crippen molar-refractivity contribution in [2.24, 2.45) is 46.3 Å². The maximum atomic E-state index is 11.3. The molecule has 0 bridgehead atoms. The topological polar surface area (TPSA) is 26.3 Å². The standard InChI is InChI=1S/C31H52O2/c1-21(2)8-7-9-22(3)27-12-13-28-26-11-10-24-20-25(33-19-16-23(4)32)14-17-30(24,5)29(26)15-18-31(27,28)6/h10,21-22,25-29H,7-9,11-20H2,1-6H3/t22-,25?,26+,27-,28+,29+,30+,31-/m1/s1. The Labute approximate surface area is 204 Å². The molecule has 0 heterocycles. The zero-order chi connectivity index (χ0) is 23.8. The van der Waals surface area contributed by atoms with Gasteiger partial charge in [0.15, 0.2) is 0 Å². The Kier molecular flexibility index (Phi) is 7.84. The van der Waals surface area contributed by atoms with Crippen LogP contribution in [0, 0.1) is 46.3 Å². The molecule has 3 saturated carbocycles. The predicted molar refractivity (Wildman–Crippen MR) is 138 cm³/mol. The first-order chi connectivity index (χ1) is 15.6. The monoisotopic (exact) mass is 456 g/mol. The minimum Gasteiger partial charge on any atom is -0.377 e. The zero-order valence-electron chi connectivity index (χ0n) is 22.6. The molecule has 188 valence electrons. The van der Waals surface area contributed by atoms with Crippen LogP contribution in [0.2, 0.25) is 0 Å². The Balaban J connectivity index is 1.41. The molecule has 0 aromatic rings. The summed E-state index contributed by atoms with van der Waals surface area (Å²) in [5.74, 6) is 5.64. The third-order valence-electron chi connectivity index (χ3n) is 11.1. The smallest absolute Gasteiger partial charge is 0.132 e. The van der Waals surface area contributed by atoms with Crippen molar-refractivity contribution < 1.29 is 9.53 Å². The van der Waals surface area contributed by atoms with Crippen molar-refractivity contribution in [1.29, 1.82) is 0 Å². The van der Waals surface area contributed by atoms with Gasteiger partial charge >= 0.3 is 0 Å². The van der Waals surface area contributed by atoms with E-state index < -0.39 is 0 Å². The van der Waals surface area contributed by atoms with Gasteiger partial charge in [-0.3, -0.25) is 4.79 Å². The van der Waals surface area contributed by atoms with Gasteiger partial charge in [0.1, 0.15) is 5.78 Å². The third-order valence-corrected chi connectivity index (χ3v) is 11.1. The van der Waals surface area contributed by atoms with Crippen molar-refractivity contribution in [3.63, 3.8) is 0 Å². The molecular weight excluding hydrogens is 404 g/mol. The van der Waals surface area contributed by atoms with Gasteiger partial charge in [0, 0.05) is 6.42 Å². The van der Waals surface area contributed by atoms with Crippen LogP contribution in [0.5, 0.6) is 0 Å². The second-order valence-electron chi connectivity index (χ2n) is 13.5.